The average Bonchev–Trinajstić information content (AvgIpc) is 2.86. The minimum Gasteiger partial charge on any atom is -0.543 e. The summed E-state index contributed by atoms with van der Waals surface area (Å²) in [5.41, 5.74) is 2.15. The smallest absolute Gasteiger partial charge is 0.543 e. The van der Waals surface area contributed by atoms with Crippen LogP contribution in [0.4, 0.5) is 0 Å². The summed E-state index contributed by atoms with van der Waals surface area (Å²) in [4.78, 5) is 14.8. The number of carboxylic acids is 1. The summed E-state index contributed by atoms with van der Waals surface area (Å²) in [5.74, 6) is 0.0428. The van der Waals surface area contributed by atoms with Crippen LogP contribution in [0.5, 0.6) is 5.75 Å². The molecule has 0 amide bonds. The van der Waals surface area contributed by atoms with Gasteiger partial charge in [-0.05, 0) is 18.9 Å². The van der Waals surface area contributed by atoms with E-state index in [0.717, 1.165) is 21.9 Å². The summed E-state index contributed by atoms with van der Waals surface area (Å²) in [6.45, 7) is 6.87. The number of carbonyl (C=O) groups excluding carboxylic acids is 1. The number of aromatic carboxylic acids is 1. The quantitative estimate of drug-likeness (QED) is 0.668. The van der Waals surface area contributed by atoms with E-state index in [1.807, 2.05) is 19.1 Å². The molecule has 0 radical (unpaired) electrons. The third-order valence-corrected chi connectivity index (χ3v) is 3.74. The molecule has 0 fully saturated rings. The van der Waals surface area contributed by atoms with E-state index in [9.17, 15) is 9.90 Å². The van der Waals surface area contributed by atoms with Crippen molar-refractivity contribution in [3.63, 3.8) is 0 Å². The predicted molar refractivity (Wildman–Crippen MR) is 80.8 cm³/mol. The van der Waals surface area contributed by atoms with Gasteiger partial charge in [0.2, 0.25) is 0 Å². The molecule has 0 bridgehead atoms. The van der Waals surface area contributed by atoms with Crippen LogP contribution >= 0.6 is 11.3 Å². The molecule has 0 atom stereocenters. The third-order valence-electron chi connectivity index (χ3n) is 2.89. The van der Waals surface area contributed by atoms with Crippen LogP contribution in [-0.2, 0) is 6.42 Å². The van der Waals surface area contributed by atoms with Crippen LogP contribution < -0.4 is 39.4 Å². The van der Waals surface area contributed by atoms with E-state index in [1.165, 1.54) is 16.7 Å². The molecule has 0 saturated carbocycles. The number of nitrogens with zero attached hydrogens (tertiary/aromatic N) is 1. The Morgan fingerprint density at radius 3 is 2.73 bits per heavy atom. The summed E-state index contributed by atoms with van der Waals surface area (Å²) in [7, 11) is 0. The van der Waals surface area contributed by atoms with Gasteiger partial charge in [-0.1, -0.05) is 31.5 Å². The Morgan fingerprint density at radius 1 is 1.41 bits per heavy atom. The molecule has 2 rings (SSSR count). The first kappa shape index (κ1) is 19.2. The van der Waals surface area contributed by atoms with E-state index in [-0.39, 0.29) is 35.3 Å². The summed E-state index contributed by atoms with van der Waals surface area (Å²) in [6, 6.07) is 6.02. The number of hydrogen-bond acceptors (Lipinski definition) is 5. The fourth-order valence-corrected chi connectivity index (χ4v) is 2.68. The van der Waals surface area contributed by atoms with Crippen molar-refractivity contribution in [2.75, 3.05) is 6.61 Å². The van der Waals surface area contributed by atoms with E-state index < -0.39 is 5.97 Å². The number of carbonyl (C=O) groups is 1. The van der Waals surface area contributed by atoms with Gasteiger partial charge in [-0.3, -0.25) is 0 Å². The molecule has 0 aliphatic carbocycles. The van der Waals surface area contributed by atoms with Crippen molar-refractivity contribution in [1.29, 1.82) is 0 Å². The zero-order valence-corrected chi connectivity index (χ0v) is 16.2. The molecule has 2 aromatic rings. The first-order valence-corrected chi connectivity index (χ1v) is 7.71. The van der Waals surface area contributed by atoms with Gasteiger partial charge in [0.15, 0.2) is 0 Å². The van der Waals surface area contributed by atoms with Gasteiger partial charge in [0.1, 0.15) is 5.75 Å². The number of ether oxygens (including phenoxy) is 1. The normalized spacial score (nSPS) is 10.4. The van der Waals surface area contributed by atoms with E-state index >= 15 is 0 Å². The Hall–Kier alpha value is -0.880. The van der Waals surface area contributed by atoms with Crippen molar-refractivity contribution in [1.82, 2.24) is 4.98 Å². The second-order valence-electron chi connectivity index (χ2n) is 5.41. The zero-order chi connectivity index (χ0) is 15.4. The maximum Gasteiger partial charge on any atom is 1.00 e. The minimum atomic E-state index is -1.24. The van der Waals surface area contributed by atoms with Gasteiger partial charge in [-0.2, -0.15) is 0 Å². The molecule has 0 aliphatic rings. The molecule has 0 unspecified atom stereocenters. The van der Waals surface area contributed by atoms with Crippen molar-refractivity contribution >= 4 is 17.3 Å². The molecule has 0 aliphatic heterocycles. The van der Waals surface area contributed by atoms with Crippen LogP contribution in [0.25, 0.3) is 0 Å². The molecular formula is C16H18NNaO3S. The number of benzene rings is 1. The molecule has 22 heavy (non-hydrogen) atoms. The van der Waals surface area contributed by atoms with Gasteiger partial charge in [-0.15, -0.1) is 11.3 Å². The van der Waals surface area contributed by atoms with Crippen molar-refractivity contribution in [2.24, 2.45) is 5.92 Å². The topological polar surface area (TPSA) is 62.2 Å². The van der Waals surface area contributed by atoms with Gasteiger partial charge >= 0.3 is 29.6 Å². The number of thiazole rings is 1. The van der Waals surface area contributed by atoms with Crippen molar-refractivity contribution < 1.29 is 44.2 Å². The maximum absolute atomic E-state index is 10.8. The molecule has 0 spiro atoms. The van der Waals surface area contributed by atoms with E-state index in [2.05, 4.69) is 24.9 Å². The molecule has 1 aromatic heterocycles. The third kappa shape index (κ3) is 5.39. The fourth-order valence-electron chi connectivity index (χ4n) is 1.89. The molecule has 0 N–H and O–H groups in total. The Balaban J connectivity index is 0.00000242. The molecular weight excluding hydrogens is 309 g/mol. The number of hydrogen-bond donors (Lipinski definition) is 0. The van der Waals surface area contributed by atoms with Gasteiger partial charge < -0.3 is 14.6 Å². The first-order valence-electron chi connectivity index (χ1n) is 6.83. The van der Waals surface area contributed by atoms with Crippen LogP contribution in [-0.4, -0.2) is 17.6 Å². The summed E-state index contributed by atoms with van der Waals surface area (Å²) in [5, 5.41) is 13.0. The van der Waals surface area contributed by atoms with Crippen molar-refractivity contribution in [3.05, 3.63) is 45.4 Å². The monoisotopic (exact) mass is 327 g/mol. The fraction of sp³-hybridized carbons (Fsp3) is 0.375. The zero-order valence-electron chi connectivity index (χ0n) is 13.4. The summed E-state index contributed by atoms with van der Waals surface area (Å²) in [6.07, 6.45) is 0.563. The van der Waals surface area contributed by atoms with Gasteiger partial charge in [-0.25, -0.2) is 4.98 Å². The van der Waals surface area contributed by atoms with Crippen molar-refractivity contribution in [2.45, 2.75) is 27.2 Å². The second kappa shape index (κ2) is 8.67. The number of aryl methyl sites for hydroxylation is 1. The number of rotatable bonds is 6. The van der Waals surface area contributed by atoms with Crippen molar-refractivity contribution in [3.8, 4) is 5.75 Å². The van der Waals surface area contributed by atoms with Crippen LogP contribution in [0.1, 0.15) is 40.5 Å². The summed E-state index contributed by atoms with van der Waals surface area (Å²) >= 11 is 1.32. The van der Waals surface area contributed by atoms with Crippen LogP contribution in [0, 0.1) is 12.8 Å². The standard InChI is InChI=1S/C16H19NO3S.Na/c1-10(2)8-20-14-5-4-11(3)6-12(14)7-15-17-13(9-21-15)16(18)19;/h4-6,9-10H,7-8H2,1-3H3,(H,18,19);/q;+1/p-1. The molecule has 1 heterocycles. The second-order valence-corrected chi connectivity index (χ2v) is 6.35. The Labute approximate surface area is 156 Å². The maximum atomic E-state index is 10.8. The SMILES string of the molecule is Cc1ccc(OCC(C)C)c(Cc2nc(C(=O)[O-])cs2)c1.[Na+]. The summed E-state index contributed by atoms with van der Waals surface area (Å²) < 4.78 is 5.83. The van der Waals surface area contributed by atoms with Gasteiger partial charge in [0.25, 0.3) is 0 Å². The van der Waals surface area contributed by atoms with E-state index in [1.54, 1.807) is 0 Å². The minimum absolute atomic E-state index is 0. The molecule has 0 saturated heterocycles. The Kier molecular flexibility index (Phi) is 7.56. The predicted octanol–water partition coefficient (Wildman–Crippen LogP) is -0.555. The first-order chi connectivity index (χ1) is 9.95. The van der Waals surface area contributed by atoms with E-state index in [4.69, 9.17) is 4.74 Å². The Bertz CT molecular complexity index is 640. The number of aromatic nitrogens is 1. The number of carboxylic acid groups (broad SMARTS) is 1. The Morgan fingerprint density at radius 2 is 2.14 bits per heavy atom. The molecule has 1 aromatic carbocycles. The van der Waals surface area contributed by atoms with E-state index in [0.29, 0.717) is 18.9 Å². The molecule has 112 valence electrons. The largest absolute Gasteiger partial charge is 1.00 e. The molecule has 6 heteroatoms. The van der Waals surface area contributed by atoms with Crippen LogP contribution in [0.2, 0.25) is 0 Å². The van der Waals surface area contributed by atoms with Crippen LogP contribution in [0.3, 0.4) is 0 Å². The average molecular weight is 327 g/mol. The molecule has 4 nitrogen and oxygen atoms in total. The van der Waals surface area contributed by atoms with Gasteiger partial charge in [0, 0.05) is 17.4 Å². The van der Waals surface area contributed by atoms with Gasteiger partial charge in [0.05, 0.1) is 23.3 Å². The van der Waals surface area contributed by atoms with Crippen LogP contribution in [0.15, 0.2) is 23.6 Å².